The predicted molar refractivity (Wildman–Crippen MR) is 123 cm³/mol. The molecule has 4 rings (SSSR count). The molecule has 0 radical (unpaired) electrons. The van der Waals surface area contributed by atoms with Crippen molar-refractivity contribution in [3.63, 3.8) is 0 Å². The number of aliphatic hydroxyl groups is 2. The van der Waals surface area contributed by atoms with Crippen LogP contribution >= 0.6 is 0 Å². The Kier molecular flexibility index (Phi) is 7.29. The number of fused-ring (bicyclic) bond motifs is 1. The number of pyridine rings is 1. The van der Waals surface area contributed by atoms with Gasteiger partial charge in [-0.2, -0.15) is 10.2 Å². The normalized spacial score (nSPS) is 14.8. The molecule has 1 unspecified atom stereocenters. The number of aromatic nitrogens is 3. The molecular weight excluding hydrogens is 420 g/mol. The van der Waals surface area contributed by atoms with Gasteiger partial charge in [0.05, 0.1) is 23.8 Å². The molecule has 1 atom stereocenters. The third-order valence-electron chi connectivity index (χ3n) is 5.76. The van der Waals surface area contributed by atoms with Crippen molar-refractivity contribution in [3.8, 4) is 28.9 Å². The van der Waals surface area contributed by atoms with E-state index in [0.717, 1.165) is 44.5 Å². The van der Waals surface area contributed by atoms with Crippen LogP contribution < -0.4 is 5.32 Å². The number of aliphatic hydroxyl groups excluding tert-OH is 2. The lowest BCUT2D eigenvalue weighted by Gasteiger charge is -2.21. The first-order valence-corrected chi connectivity index (χ1v) is 11.2. The van der Waals surface area contributed by atoms with Gasteiger partial charge in [-0.25, -0.2) is 4.98 Å². The van der Waals surface area contributed by atoms with Gasteiger partial charge in [0.2, 0.25) is 5.82 Å². The van der Waals surface area contributed by atoms with E-state index in [4.69, 9.17) is 9.63 Å². The summed E-state index contributed by atoms with van der Waals surface area (Å²) in [5.41, 5.74) is 4.38. The Balaban J connectivity index is 1.52. The first-order chi connectivity index (χ1) is 16.1. The van der Waals surface area contributed by atoms with Crippen LogP contribution in [0.25, 0.3) is 22.8 Å². The largest absolute Gasteiger partial charge is 0.394 e. The summed E-state index contributed by atoms with van der Waals surface area (Å²) in [6.45, 7) is 4.69. The van der Waals surface area contributed by atoms with Gasteiger partial charge < -0.3 is 25.0 Å². The molecule has 0 aliphatic carbocycles. The Hall–Kier alpha value is -3.32. The van der Waals surface area contributed by atoms with Crippen molar-refractivity contribution in [1.29, 1.82) is 5.26 Å². The van der Waals surface area contributed by atoms with Crippen molar-refractivity contribution >= 4 is 5.82 Å². The molecule has 2 aromatic heterocycles. The fourth-order valence-corrected chi connectivity index (χ4v) is 3.96. The maximum Gasteiger partial charge on any atom is 0.259 e. The van der Waals surface area contributed by atoms with E-state index in [1.807, 2.05) is 13.0 Å². The summed E-state index contributed by atoms with van der Waals surface area (Å²) in [5, 5.41) is 35.6. The van der Waals surface area contributed by atoms with Crippen LogP contribution in [0.15, 0.2) is 35.0 Å². The number of nitrogens with one attached hydrogen (secondary N) is 1. The lowest BCUT2D eigenvalue weighted by molar-refractivity contribution is 0.0605. The highest BCUT2D eigenvalue weighted by molar-refractivity contribution is 5.64. The van der Waals surface area contributed by atoms with Crippen molar-refractivity contribution in [2.75, 3.05) is 38.1 Å². The minimum Gasteiger partial charge on any atom is -0.394 e. The lowest BCUT2D eigenvalue weighted by Crippen LogP contribution is -2.35. The van der Waals surface area contributed by atoms with Gasteiger partial charge in [0.25, 0.3) is 5.89 Å². The summed E-state index contributed by atoms with van der Waals surface area (Å²) >= 11 is 0. The molecule has 1 aliphatic rings. The zero-order chi connectivity index (χ0) is 23.2. The molecule has 3 heterocycles. The molecule has 9 nitrogen and oxygen atoms in total. The van der Waals surface area contributed by atoms with Crippen molar-refractivity contribution in [1.82, 2.24) is 20.0 Å². The molecule has 1 aromatic carbocycles. The fourth-order valence-electron chi connectivity index (χ4n) is 3.96. The van der Waals surface area contributed by atoms with Gasteiger partial charge in [0.1, 0.15) is 11.9 Å². The molecule has 1 aliphatic heterocycles. The van der Waals surface area contributed by atoms with E-state index in [1.165, 1.54) is 11.1 Å². The molecule has 0 saturated carbocycles. The Morgan fingerprint density at radius 2 is 2.03 bits per heavy atom. The maximum absolute atomic E-state index is 9.75. The number of nitriles is 1. The van der Waals surface area contributed by atoms with E-state index < -0.39 is 6.10 Å². The van der Waals surface area contributed by atoms with Gasteiger partial charge in [-0.1, -0.05) is 24.2 Å². The summed E-state index contributed by atoms with van der Waals surface area (Å²) in [6, 6.07) is 10.0. The summed E-state index contributed by atoms with van der Waals surface area (Å²) in [7, 11) is 0. The van der Waals surface area contributed by atoms with Crippen LogP contribution in [0.4, 0.5) is 5.82 Å². The Morgan fingerprint density at radius 1 is 1.21 bits per heavy atom. The van der Waals surface area contributed by atoms with Crippen molar-refractivity contribution in [3.05, 3.63) is 47.2 Å². The van der Waals surface area contributed by atoms with E-state index in [0.29, 0.717) is 35.2 Å². The zero-order valence-electron chi connectivity index (χ0n) is 18.7. The van der Waals surface area contributed by atoms with Crippen molar-refractivity contribution in [2.24, 2.45) is 0 Å². The average molecular weight is 449 g/mol. The average Bonchev–Trinajstić information content (AvgIpc) is 3.26. The summed E-state index contributed by atoms with van der Waals surface area (Å²) in [4.78, 5) is 11.1. The summed E-state index contributed by atoms with van der Waals surface area (Å²) in [6.07, 6.45) is 3.57. The quantitative estimate of drug-likeness (QED) is 0.475. The molecule has 3 aromatic rings. The second-order valence-corrected chi connectivity index (χ2v) is 8.20. The third-order valence-corrected chi connectivity index (χ3v) is 5.76. The molecule has 0 bridgehead atoms. The molecule has 0 spiro atoms. The van der Waals surface area contributed by atoms with Crippen LogP contribution in [0, 0.1) is 11.3 Å². The number of hydrogen-bond donors (Lipinski definition) is 3. The monoisotopic (exact) mass is 448 g/mol. The van der Waals surface area contributed by atoms with Crippen LogP contribution in [0.5, 0.6) is 0 Å². The zero-order valence-corrected chi connectivity index (χ0v) is 18.7. The first kappa shape index (κ1) is 22.9. The molecule has 33 heavy (non-hydrogen) atoms. The van der Waals surface area contributed by atoms with Gasteiger partial charge in [0, 0.05) is 37.9 Å². The molecule has 172 valence electrons. The van der Waals surface area contributed by atoms with Gasteiger partial charge in [-0.15, -0.1) is 0 Å². The summed E-state index contributed by atoms with van der Waals surface area (Å²) < 4.78 is 5.48. The maximum atomic E-state index is 9.75. The highest BCUT2D eigenvalue weighted by Gasteiger charge is 2.19. The van der Waals surface area contributed by atoms with Gasteiger partial charge >= 0.3 is 0 Å². The highest BCUT2D eigenvalue weighted by Crippen LogP contribution is 2.27. The van der Waals surface area contributed by atoms with E-state index in [-0.39, 0.29) is 6.61 Å². The first-order valence-electron chi connectivity index (χ1n) is 11.2. The topological polar surface area (TPSA) is 131 Å². The van der Waals surface area contributed by atoms with E-state index >= 15 is 0 Å². The minimum atomic E-state index is -0.716. The van der Waals surface area contributed by atoms with Gasteiger partial charge in [-0.3, -0.25) is 0 Å². The van der Waals surface area contributed by atoms with Crippen LogP contribution in [-0.4, -0.2) is 69.1 Å². The van der Waals surface area contributed by atoms with Crippen LogP contribution in [0.2, 0.25) is 0 Å². The number of nitrogens with zero attached hydrogens (tertiary/aromatic N) is 5. The van der Waals surface area contributed by atoms with E-state index in [2.05, 4.69) is 43.5 Å². The number of benzene rings is 1. The highest BCUT2D eigenvalue weighted by atomic mass is 16.5. The smallest absolute Gasteiger partial charge is 0.259 e. The molecule has 0 fully saturated rings. The second-order valence-electron chi connectivity index (χ2n) is 8.20. The van der Waals surface area contributed by atoms with Gasteiger partial charge in [-0.05, 0) is 42.5 Å². The Bertz CT molecular complexity index is 1140. The molecule has 9 heteroatoms. The predicted octanol–water partition coefficient (Wildman–Crippen LogP) is 2.25. The number of anilines is 1. The minimum absolute atomic E-state index is 0.225. The van der Waals surface area contributed by atoms with Gasteiger partial charge in [0.15, 0.2) is 0 Å². The molecular formula is C24H28N6O3. The van der Waals surface area contributed by atoms with Crippen LogP contribution in [0.1, 0.15) is 30.0 Å². The third kappa shape index (κ3) is 5.37. The standard InChI is InChI=1S/C24H28N6O3/c1-2-7-26-22-19(12-25)11-20(13-27-22)24-28-23(29-33-24)18-4-3-16-5-8-30(14-21(32)15-31)9-6-17(16)10-18/h3-4,10-11,13,21,31-32H,2,5-9,14-15H2,1H3,(H,26,27). The van der Waals surface area contributed by atoms with Crippen LogP contribution in [-0.2, 0) is 12.8 Å². The number of β-amino-alcohol motifs (C(OH)–C–C–N with tert-alkyl or cyclic N) is 1. The SMILES string of the molecule is CCCNc1ncc(-c2nc(-c3ccc4c(c3)CCN(CC(O)CO)CC4)no2)cc1C#N. The number of rotatable bonds is 8. The fraction of sp³-hybridized carbons (Fsp3) is 0.417. The Labute approximate surface area is 192 Å². The molecule has 0 saturated heterocycles. The van der Waals surface area contributed by atoms with E-state index in [1.54, 1.807) is 12.3 Å². The van der Waals surface area contributed by atoms with E-state index in [9.17, 15) is 10.4 Å². The van der Waals surface area contributed by atoms with Crippen molar-refractivity contribution < 1.29 is 14.7 Å². The number of hydrogen-bond acceptors (Lipinski definition) is 9. The summed E-state index contributed by atoms with van der Waals surface area (Å²) in [5.74, 6) is 1.35. The molecule has 0 amide bonds. The lowest BCUT2D eigenvalue weighted by atomic mass is 10.00. The van der Waals surface area contributed by atoms with Crippen LogP contribution in [0.3, 0.4) is 0 Å². The van der Waals surface area contributed by atoms with Crippen molar-refractivity contribution in [2.45, 2.75) is 32.3 Å². The molecule has 3 N–H and O–H groups in total. The Morgan fingerprint density at radius 3 is 2.79 bits per heavy atom. The second kappa shape index (κ2) is 10.5.